The molecule has 5 heteroatoms. The monoisotopic (exact) mass is 346 g/mol. The molecule has 1 atom stereocenters. The highest BCUT2D eigenvalue weighted by atomic mass is 79.9. The van der Waals surface area contributed by atoms with Crippen molar-refractivity contribution in [1.29, 1.82) is 0 Å². The first-order valence-corrected chi connectivity index (χ1v) is 6.26. The number of hydrogen-bond donors (Lipinski definition) is 2. The second-order valence-corrected chi connectivity index (χ2v) is 4.93. The first kappa shape index (κ1) is 13.4. The van der Waals surface area contributed by atoms with Crippen LogP contribution in [0.2, 0.25) is 0 Å². The Morgan fingerprint density at radius 2 is 2.06 bits per heavy atom. The van der Waals surface area contributed by atoms with E-state index in [2.05, 4.69) is 43.8 Å². The molecule has 16 heavy (non-hydrogen) atoms. The molecule has 3 N–H and O–H groups in total. The van der Waals surface area contributed by atoms with Gasteiger partial charge in [-0.15, -0.1) is 6.58 Å². The maximum absolute atomic E-state index is 11.7. The number of nitrogens with one attached hydrogen (secondary N) is 1. The molecule has 0 spiro atoms. The van der Waals surface area contributed by atoms with Crippen molar-refractivity contribution >= 4 is 43.5 Å². The van der Waals surface area contributed by atoms with Gasteiger partial charge in [0, 0.05) is 8.95 Å². The number of amides is 1. The summed E-state index contributed by atoms with van der Waals surface area (Å²) in [6.07, 6.45) is 2.08. The van der Waals surface area contributed by atoms with Crippen molar-refractivity contribution in [2.45, 2.75) is 12.5 Å². The van der Waals surface area contributed by atoms with Crippen LogP contribution in [0.1, 0.15) is 6.42 Å². The van der Waals surface area contributed by atoms with Crippen LogP contribution in [0.3, 0.4) is 0 Å². The molecule has 3 nitrogen and oxygen atoms in total. The number of carbonyl (C=O) groups is 1. The van der Waals surface area contributed by atoms with E-state index >= 15 is 0 Å². The smallest absolute Gasteiger partial charge is 0.241 e. The van der Waals surface area contributed by atoms with E-state index in [1.54, 1.807) is 6.08 Å². The molecular formula is C11H12Br2N2O. The van der Waals surface area contributed by atoms with Gasteiger partial charge in [0.1, 0.15) is 0 Å². The first-order valence-electron chi connectivity index (χ1n) is 4.67. The molecule has 0 aliphatic carbocycles. The molecule has 0 heterocycles. The van der Waals surface area contributed by atoms with Gasteiger partial charge in [0.05, 0.1) is 11.7 Å². The van der Waals surface area contributed by atoms with E-state index in [-0.39, 0.29) is 5.91 Å². The highest BCUT2D eigenvalue weighted by molar-refractivity contribution is 9.11. The van der Waals surface area contributed by atoms with Crippen LogP contribution in [0.25, 0.3) is 0 Å². The van der Waals surface area contributed by atoms with Gasteiger partial charge >= 0.3 is 0 Å². The molecule has 86 valence electrons. The minimum absolute atomic E-state index is 0.229. The fourth-order valence-corrected chi connectivity index (χ4v) is 2.32. The molecule has 0 radical (unpaired) electrons. The predicted octanol–water partition coefficient (Wildman–Crippen LogP) is 3.05. The summed E-state index contributed by atoms with van der Waals surface area (Å²) in [6.45, 7) is 3.55. The fraction of sp³-hybridized carbons (Fsp3) is 0.182. The molecule has 0 aliphatic rings. The normalized spacial score (nSPS) is 11.9. The zero-order chi connectivity index (χ0) is 12.1. The van der Waals surface area contributed by atoms with Crippen LogP contribution < -0.4 is 11.1 Å². The average molecular weight is 348 g/mol. The fourth-order valence-electron chi connectivity index (χ4n) is 1.12. The first-order chi connectivity index (χ1) is 7.56. The third kappa shape index (κ3) is 3.43. The number of rotatable bonds is 4. The summed E-state index contributed by atoms with van der Waals surface area (Å²) in [7, 11) is 0. The van der Waals surface area contributed by atoms with Crippen molar-refractivity contribution in [2.24, 2.45) is 5.73 Å². The molecule has 1 rings (SSSR count). The summed E-state index contributed by atoms with van der Waals surface area (Å²) in [5.41, 5.74) is 6.35. The summed E-state index contributed by atoms with van der Waals surface area (Å²) in [4.78, 5) is 11.7. The molecule has 0 bridgehead atoms. The van der Waals surface area contributed by atoms with Crippen LogP contribution in [-0.2, 0) is 4.79 Å². The summed E-state index contributed by atoms with van der Waals surface area (Å²) in [5, 5.41) is 2.76. The molecule has 0 fully saturated rings. The summed E-state index contributed by atoms with van der Waals surface area (Å²) in [5.74, 6) is -0.229. The van der Waals surface area contributed by atoms with Crippen LogP contribution in [-0.4, -0.2) is 11.9 Å². The Labute approximate surface area is 111 Å². The summed E-state index contributed by atoms with van der Waals surface area (Å²) < 4.78 is 1.61. The molecule has 1 amide bonds. The van der Waals surface area contributed by atoms with Crippen LogP contribution in [0.5, 0.6) is 0 Å². The maximum atomic E-state index is 11.7. The van der Waals surface area contributed by atoms with Gasteiger partial charge < -0.3 is 11.1 Å². The quantitative estimate of drug-likeness (QED) is 0.822. The lowest BCUT2D eigenvalue weighted by molar-refractivity contribution is -0.117. The SMILES string of the molecule is C=CCC(N)C(=O)Nc1c(Br)cccc1Br. The van der Waals surface area contributed by atoms with Gasteiger partial charge in [-0.25, -0.2) is 0 Å². The highest BCUT2D eigenvalue weighted by Crippen LogP contribution is 2.30. The van der Waals surface area contributed by atoms with Crippen LogP contribution >= 0.6 is 31.9 Å². The Balaban J connectivity index is 2.80. The highest BCUT2D eigenvalue weighted by Gasteiger charge is 2.14. The van der Waals surface area contributed by atoms with Crippen molar-refractivity contribution in [1.82, 2.24) is 0 Å². The lowest BCUT2D eigenvalue weighted by atomic mass is 10.2. The van der Waals surface area contributed by atoms with Gasteiger partial charge in [-0.2, -0.15) is 0 Å². The van der Waals surface area contributed by atoms with E-state index in [1.807, 2.05) is 18.2 Å². The second kappa shape index (κ2) is 6.18. The maximum Gasteiger partial charge on any atom is 0.241 e. The third-order valence-electron chi connectivity index (χ3n) is 1.97. The van der Waals surface area contributed by atoms with Crippen molar-refractivity contribution in [3.05, 3.63) is 39.8 Å². The molecule has 1 aromatic carbocycles. The molecule has 1 unspecified atom stereocenters. The zero-order valence-electron chi connectivity index (χ0n) is 8.54. The minimum atomic E-state index is -0.573. The number of anilines is 1. The molecule has 0 aliphatic heterocycles. The Morgan fingerprint density at radius 3 is 2.56 bits per heavy atom. The Hall–Kier alpha value is -0.650. The molecule has 0 aromatic heterocycles. The van der Waals surface area contributed by atoms with Gasteiger partial charge in [-0.05, 0) is 50.4 Å². The third-order valence-corrected chi connectivity index (χ3v) is 3.29. The van der Waals surface area contributed by atoms with Gasteiger partial charge in [0.25, 0.3) is 0 Å². The molecule has 0 saturated heterocycles. The summed E-state index contributed by atoms with van der Waals surface area (Å²) in [6, 6.07) is 4.99. The van der Waals surface area contributed by atoms with Crippen LogP contribution in [0, 0.1) is 0 Å². The van der Waals surface area contributed by atoms with E-state index in [0.29, 0.717) is 12.1 Å². The van der Waals surface area contributed by atoms with Crippen LogP contribution in [0.4, 0.5) is 5.69 Å². The lowest BCUT2D eigenvalue weighted by Crippen LogP contribution is -2.35. The number of hydrogen-bond acceptors (Lipinski definition) is 2. The Morgan fingerprint density at radius 1 is 1.50 bits per heavy atom. The zero-order valence-corrected chi connectivity index (χ0v) is 11.7. The van der Waals surface area contributed by atoms with Gasteiger partial charge in [-0.1, -0.05) is 12.1 Å². The van der Waals surface area contributed by atoms with Gasteiger partial charge in [0.15, 0.2) is 0 Å². The average Bonchev–Trinajstić information content (AvgIpc) is 2.23. The minimum Gasteiger partial charge on any atom is -0.323 e. The number of benzene rings is 1. The van der Waals surface area contributed by atoms with Crippen molar-refractivity contribution in [2.75, 3.05) is 5.32 Å². The van der Waals surface area contributed by atoms with Gasteiger partial charge in [-0.3, -0.25) is 4.79 Å². The topological polar surface area (TPSA) is 55.1 Å². The van der Waals surface area contributed by atoms with Crippen molar-refractivity contribution in [3.8, 4) is 0 Å². The van der Waals surface area contributed by atoms with E-state index in [9.17, 15) is 4.79 Å². The standard InChI is InChI=1S/C11H12Br2N2O/c1-2-4-9(14)11(16)15-10-7(12)5-3-6-8(10)13/h2-3,5-6,9H,1,4,14H2,(H,15,16). The predicted molar refractivity (Wildman–Crippen MR) is 73.3 cm³/mol. The van der Waals surface area contributed by atoms with Crippen molar-refractivity contribution < 1.29 is 4.79 Å². The lowest BCUT2D eigenvalue weighted by Gasteiger charge is -2.12. The van der Waals surface area contributed by atoms with E-state index < -0.39 is 6.04 Å². The molecule has 1 aromatic rings. The largest absolute Gasteiger partial charge is 0.323 e. The number of carbonyl (C=O) groups excluding carboxylic acids is 1. The van der Waals surface area contributed by atoms with E-state index in [0.717, 1.165) is 8.95 Å². The number of halogens is 2. The van der Waals surface area contributed by atoms with E-state index in [1.165, 1.54) is 0 Å². The Bertz CT molecular complexity index is 387. The molecule has 0 saturated carbocycles. The summed E-state index contributed by atoms with van der Waals surface area (Å²) >= 11 is 6.72. The second-order valence-electron chi connectivity index (χ2n) is 3.22. The molecular weight excluding hydrogens is 336 g/mol. The van der Waals surface area contributed by atoms with E-state index in [4.69, 9.17) is 5.73 Å². The Kier molecular flexibility index (Phi) is 5.18. The van der Waals surface area contributed by atoms with Gasteiger partial charge in [0.2, 0.25) is 5.91 Å². The van der Waals surface area contributed by atoms with Crippen molar-refractivity contribution in [3.63, 3.8) is 0 Å². The van der Waals surface area contributed by atoms with Crippen LogP contribution in [0.15, 0.2) is 39.8 Å². The number of nitrogens with two attached hydrogens (primary N) is 1. The number of para-hydroxylation sites is 1.